The zero-order chi connectivity index (χ0) is 12.4. The molecule has 0 N–H and O–H groups in total. The number of nitrogens with zero attached hydrogens (tertiary/aromatic N) is 3. The Kier molecular flexibility index (Phi) is 3.10. The molecule has 2 aromatic rings. The van der Waals surface area contributed by atoms with Crippen molar-refractivity contribution in [1.29, 1.82) is 0 Å². The van der Waals surface area contributed by atoms with Gasteiger partial charge >= 0.3 is 0 Å². The number of ketones is 1. The van der Waals surface area contributed by atoms with Crippen LogP contribution in [-0.4, -0.2) is 27.7 Å². The van der Waals surface area contributed by atoms with Gasteiger partial charge in [0.25, 0.3) is 0 Å². The van der Waals surface area contributed by atoms with Crippen LogP contribution in [0.5, 0.6) is 5.75 Å². The highest BCUT2D eigenvalue weighted by Gasteiger charge is 2.19. The minimum absolute atomic E-state index is 0.203. The minimum atomic E-state index is -0.203. The van der Waals surface area contributed by atoms with Crippen LogP contribution < -0.4 is 4.74 Å². The zero-order valence-corrected chi connectivity index (χ0v) is 10.1. The van der Waals surface area contributed by atoms with Gasteiger partial charge in [-0.3, -0.25) is 9.48 Å². The Labute approximate surface area is 103 Å². The van der Waals surface area contributed by atoms with E-state index in [0.29, 0.717) is 17.0 Å². The van der Waals surface area contributed by atoms with Crippen molar-refractivity contribution in [1.82, 2.24) is 14.8 Å². The topological polar surface area (TPSA) is 57.0 Å². The van der Waals surface area contributed by atoms with Gasteiger partial charge in [0.1, 0.15) is 5.15 Å². The van der Waals surface area contributed by atoms with Crippen LogP contribution in [0.2, 0.25) is 5.15 Å². The van der Waals surface area contributed by atoms with Crippen molar-refractivity contribution in [2.24, 2.45) is 7.05 Å². The van der Waals surface area contributed by atoms with E-state index in [4.69, 9.17) is 16.3 Å². The lowest BCUT2D eigenvalue weighted by Crippen LogP contribution is -2.09. The van der Waals surface area contributed by atoms with Gasteiger partial charge in [-0.05, 0) is 12.1 Å². The summed E-state index contributed by atoms with van der Waals surface area (Å²) in [6.45, 7) is 0. The number of methoxy groups -OCH3 is 1. The summed E-state index contributed by atoms with van der Waals surface area (Å²) in [5.41, 5.74) is 0.835. The summed E-state index contributed by atoms with van der Waals surface area (Å²) in [5, 5.41) is 4.25. The maximum absolute atomic E-state index is 12.2. The van der Waals surface area contributed by atoms with E-state index in [1.165, 1.54) is 30.3 Å². The second-order valence-electron chi connectivity index (χ2n) is 3.38. The van der Waals surface area contributed by atoms with Crippen LogP contribution in [0.1, 0.15) is 16.1 Å². The number of hydrogen-bond donors (Lipinski definition) is 0. The molecular formula is C11H10ClN3O2. The molecule has 0 saturated carbocycles. The molecule has 0 radical (unpaired) electrons. The van der Waals surface area contributed by atoms with E-state index in [0.717, 1.165) is 0 Å². The number of hydrogen-bond acceptors (Lipinski definition) is 4. The molecule has 0 aromatic carbocycles. The number of aryl methyl sites for hydroxylation is 1. The molecule has 0 fully saturated rings. The molecule has 0 spiro atoms. The zero-order valence-electron chi connectivity index (χ0n) is 9.35. The van der Waals surface area contributed by atoms with Crippen molar-refractivity contribution in [2.75, 3.05) is 7.11 Å². The number of rotatable bonds is 3. The van der Waals surface area contributed by atoms with E-state index in [1.54, 1.807) is 13.1 Å². The molecule has 5 nitrogen and oxygen atoms in total. The number of ether oxygens (including phenoxy) is 1. The van der Waals surface area contributed by atoms with Crippen molar-refractivity contribution >= 4 is 17.4 Å². The molecule has 2 rings (SSSR count). The number of halogens is 1. The number of carbonyl (C=O) groups is 1. The van der Waals surface area contributed by atoms with Crippen molar-refractivity contribution in [3.63, 3.8) is 0 Å². The van der Waals surface area contributed by atoms with Gasteiger partial charge in [0.2, 0.25) is 5.78 Å². The summed E-state index contributed by atoms with van der Waals surface area (Å²) >= 11 is 5.75. The van der Waals surface area contributed by atoms with Gasteiger partial charge < -0.3 is 4.74 Å². The smallest absolute Gasteiger partial charge is 0.214 e. The maximum atomic E-state index is 12.2. The molecule has 0 unspecified atom stereocenters. The third-order valence-electron chi connectivity index (χ3n) is 2.33. The normalized spacial score (nSPS) is 10.3. The van der Waals surface area contributed by atoms with E-state index < -0.39 is 0 Å². The Morgan fingerprint density at radius 2 is 2.29 bits per heavy atom. The number of aromatic nitrogens is 3. The Hall–Kier alpha value is -1.88. The second kappa shape index (κ2) is 4.55. The average molecular weight is 252 g/mol. The van der Waals surface area contributed by atoms with Gasteiger partial charge in [0, 0.05) is 18.8 Å². The van der Waals surface area contributed by atoms with E-state index in [2.05, 4.69) is 10.1 Å². The van der Waals surface area contributed by atoms with Crippen LogP contribution in [-0.2, 0) is 7.05 Å². The van der Waals surface area contributed by atoms with Gasteiger partial charge in [0.15, 0.2) is 11.4 Å². The molecule has 0 saturated heterocycles. The van der Waals surface area contributed by atoms with Gasteiger partial charge in [-0.2, -0.15) is 5.10 Å². The average Bonchev–Trinajstić information content (AvgIpc) is 2.69. The highest BCUT2D eigenvalue weighted by molar-refractivity contribution is 6.30. The molecular weight excluding hydrogens is 242 g/mol. The first-order chi connectivity index (χ1) is 8.13. The first-order valence-corrected chi connectivity index (χ1v) is 5.23. The van der Waals surface area contributed by atoms with E-state index in [9.17, 15) is 4.79 Å². The largest absolute Gasteiger partial charge is 0.493 e. The quantitative estimate of drug-likeness (QED) is 0.616. The molecule has 0 bridgehead atoms. The Balaban J connectivity index is 2.47. The summed E-state index contributed by atoms with van der Waals surface area (Å²) in [6.07, 6.45) is 2.98. The lowest BCUT2D eigenvalue weighted by atomic mass is 10.1. The Morgan fingerprint density at radius 1 is 1.53 bits per heavy atom. The molecule has 0 aliphatic heterocycles. The van der Waals surface area contributed by atoms with Gasteiger partial charge in [-0.15, -0.1) is 0 Å². The van der Waals surface area contributed by atoms with Crippen molar-refractivity contribution in [2.45, 2.75) is 0 Å². The summed E-state index contributed by atoms with van der Waals surface area (Å²) < 4.78 is 6.55. The molecule has 0 atom stereocenters. The molecule has 17 heavy (non-hydrogen) atoms. The number of pyridine rings is 1. The monoisotopic (exact) mass is 251 g/mol. The molecule has 0 aliphatic carbocycles. The lowest BCUT2D eigenvalue weighted by Gasteiger charge is -2.04. The van der Waals surface area contributed by atoms with Crippen LogP contribution in [0.25, 0.3) is 0 Å². The van der Waals surface area contributed by atoms with E-state index in [1.807, 2.05) is 0 Å². The Morgan fingerprint density at radius 3 is 2.94 bits per heavy atom. The molecule has 6 heteroatoms. The third kappa shape index (κ3) is 2.14. The standard InChI is InChI=1S/C11H10ClN3O2/c1-15-10(8(17-2)6-14-15)11(16)7-3-4-13-9(12)5-7/h3-6H,1-2H3. The second-order valence-corrected chi connectivity index (χ2v) is 3.77. The molecule has 2 aromatic heterocycles. The molecule has 0 amide bonds. The first-order valence-electron chi connectivity index (χ1n) is 4.85. The molecule has 2 heterocycles. The van der Waals surface area contributed by atoms with Crippen LogP contribution in [0.4, 0.5) is 0 Å². The van der Waals surface area contributed by atoms with Crippen molar-refractivity contribution < 1.29 is 9.53 Å². The van der Waals surface area contributed by atoms with Crippen molar-refractivity contribution in [3.05, 3.63) is 40.9 Å². The highest BCUT2D eigenvalue weighted by Crippen LogP contribution is 2.21. The summed E-state index contributed by atoms with van der Waals surface area (Å²) in [6, 6.07) is 3.11. The number of carbonyl (C=O) groups excluding carboxylic acids is 1. The SMILES string of the molecule is COc1cnn(C)c1C(=O)c1ccnc(Cl)c1. The fraction of sp³-hybridized carbons (Fsp3) is 0.182. The summed E-state index contributed by atoms with van der Waals surface area (Å²) in [5.74, 6) is 0.233. The van der Waals surface area contributed by atoms with Crippen LogP contribution in [0.3, 0.4) is 0 Å². The first kappa shape index (κ1) is 11.6. The fourth-order valence-corrected chi connectivity index (χ4v) is 1.68. The van der Waals surface area contributed by atoms with Crippen molar-refractivity contribution in [3.8, 4) is 5.75 Å². The van der Waals surface area contributed by atoms with E-state index >= 15 is 0 Å². The van der Waals surface area contributed by atoms with Gasteiger partial charge in [0.05, 0.1) is 13.3 Å². The van der Waals surface area contributed by atoms with Crippen LogP contribution in [0, 0.1) is 0 Å². The van der Waals surface area contributed by atoms with Gasteiger partial charge in [-0.1, -0.05) is 11.6 Å². The highest BCUT2D eigenvalue weighted by atomic mass is 35.5. The predicted octanol–water partition coefficient (Wildman–Crippen LogP) is 1.71. The van der Waals surface area contributed by atoms with Gasteiger partial charge in [-0.25, -0.2) is 4.98 Å². The minimum Gasteiger partial charge on any atom is -0.493 e. The van der Waals surface area contributed by atoms with Crippen LogP contribution in [0.15, 0.2) is 24.5 Å². The Bertz CT molecular complexity index is 566. The molecule has 0 aliphatic rings. The summed E-state index contributed by atoms with van der Waals surface area (Å²) in [4.78, 5) is 16.1. The van der Waals surface area contributed by atoms with Crippen LogP contribution >= 0.6 is 11.6 Å². The summed E-state index contributed by atoms with van der Waals surface area (Å²) in [7, 11) is 3.17. The predicted molar refractivity (Wildman–Crippen MR) is 62.4 cm³/mol. The lowest BCUT2D eigenvalue weighted by molar-refractivity contribution is 0.102. The fourth-order valence-electron chi connectivity index (χ4n) is 1.51. The van der Waals surface area contributed by atoms with E-state index in [-0.39, 0.29) is 10.9 Å². The molecule has 88 valence electrons. The third-order valence-corrected chi connectivity index (χ3v) is 2.54. The maximum Gasteiger partial charge on any atom is 0.214 e.